The van der Waals surface area contributed by atoms with E-state index < -0.39 is 10.9 Å². The van der Waals surface area contributed by atoms with E-state index in [0.717, 1.165) is 12.2 Å². The van der Waals surface area contributed by atoms with Gasteiger partial charge in [-0.3, -0.25) is 10.1 Å². The van der Waals surface area contributed by atoms with E-state index in [-0.39, 0.29) is 0 Å². The molecule has 4 nitrogen and oxygen atoms in total. The normalized spacial score (nSPS) is 13.1. The summed E-state index contributed by atoms with van der Waals surface area (Å²) in [6.45, 7) is 1.55. The van der Waals surface area contributed by atoms with Gasteiger partial charge in [-0.05, 0) is 13.0 Å². The zero-order valence-corrected chi connectivity index (χ0v) is 5.90. The van der Waals surface area contributed by atoms with Gasteiger partial charge in [0.2, 0.25) is 12.2 Å². The van der Waals surface area contributed by atoms with Gasteiger partial charge < -0.3 is 0 Å². The second kappa shape index (κ2) is 5.28. The number of rotatable bonds is 3. The summed E-state index contributed by atoms with van der Waals surface area (Å²) in [5, 5.41) is 9.67. The lowest BCUT2D eigenvalue weighted by Gasteiger charge is -1.79. The topological polar surface area (TPSA) is 55.5 Å². The molecule has 0 saturated carbocycles. The van der Waals surface area contributed by atoms with Gasteiger partial charge in [0, 0.05) is 12.3 Å². The average molecular weight is 158 g/mol. The highest BCUT2D eigenvalue weighted by Gasteiger charge is 1.85. The number of allylic oxidation sites excluding steroid dienone is 2. The van der Waals surface area contributed by atoms with Crippen LogP contribution in [0, 0.1) is 10.1 Å². The summed E-state index contributed by atoms with van der Waals surface area (Å²) in [6, 6.07) is 0. The summed E-state index contributed by atoms with van der Waals surface area (Å²) in [4.78, 5) is 12.2. The molecule has 0 spiro atoms. The first kappa shape index (κ1) is 9.48. The zero-order chi connectivity index (χ0) is 8.69. The highest BCUT2D eigenvalue weighted by atomic mass is 19.1. The van der Waals surface area contributed by atoms with Gasteiger partial charge in [0.1, 0.15) is 0 Å². The number of nitro groups is 1. The van der Waals surface area contributed by atoms with E-state index >= 15 is 0 Å². The molecule has 0 saturated heterocycles. The lowest BCUT2D eigenvalue weighted by atomic mass is 10.5. The van der Waals surface area contributed by atoms with E-state index in [2.05, 4.69) is 4.99 Å². The highest BCUT2D eigenvalue weighted by molar-refractivity contribution is 5.54. The second-order valence-corrected chi connectivity index (χ2v) is 1.50. The summed E-state index contributed by atoms with van der Waals surface area (Å²) in [5.41, 5.74) is 0. The maximum Gasteiger partial charge on any atom is 0.234 e. The lowest BCUT2D eigenvalue weighted by Crippen LogP contribution is -1.80. The first-order valence-corrected chi connectivity index (χ1v) is 2.83. The van der Waals surface area contributed by atoms with Crippen LogP contribution in [-0.4, -0.2) is 11.1 Å². The molecule has 0 unspecified atom stereocenters. The molecule has 0 N–H and O–H groups in total. The summed E-state index contributed by atoms with van der Waals surface area (Å²) in [5.74, 6) is -0.759. The minimum atomic E-state index is -0.759. The van der Waals surface area contributed by atoms with Crippen molar-refractivity contribution in [2.45, 2.75) is 6.92 Å². The van der Waals surface area contributed by atoms with E-state index in [1.165, 1.54) is 6.21 Å². The molecule has 5 heteroatoms. The van der Waals surface area contributed by atoms with E-state index in [9.17, 15) is 14.5 Å². The van der Waals surface area contributed by atoms with Crippen LogP contribution in [0.2, 0.25) is 0 Å². The number of hydrogen-bond acceptors (Lipinski definition) is 3. The van der Waals surface area contributed by atoms with Gasteiger partial charge >= 0.3 is 0 Å². The SMILES string of the molecule is CC=N/C(F)=C\C=C\[N+](=O)[O-]. The van der Waals surface area contributed by atoms with Gasteiger partial charge in [0.05, 0.1) is 4.92 Å². The maximum atomic E-state index is 12.2. The molecular weight excluding hydrogens is 151 g/mol. The number of halogens is 1. The number of hydrogen-bond donors (Lipinski definition) is 0. The van der Waals surface area contributed by atoms with Gasteiger partial charge in [-0.15, -0.1) is 0 Å². The molecule has 0 radical (unpaired) electrons. The molecule has 0 aliphatic heterocycles. The average Bonchev–Trinajstić information content (AvgIpc) is 1.87. The largest absolute Gasteiger partial charge is 0.259 e. The predicted octanol–water partition coefficient (Wildman–Crippen LogP) is 1.68. The third-order valence-corrected chi connectivity index (χ3v) is 0.694. The fourth-order valence-electron chi connectivity index (χ4n) is 0.359. The first-order valence-electron chi connectivity index (χ1n) is 2.83. The Bertz CT molecular complexity index is 221. The molecule has 0 amide bonds. The van der Waals surface area contributed by atoms with Crippen molar-refractivity contribution in [2.75, 3.05) is 0 Å². The summed E-state index contributed by atoms with van der Waals surface area (Å²) in [6.07, 6.45) is 3.77. The van der Waals surface area contributed by atoms with E-state index in [0.29, 0.717) is 6.20 Å². The smallest absolute Gasteiger partial charge is 0.234 e. The number of aliphatic imine (C=N–C) groups is 1. The van der Waals surface area contributed by atoms with Crippen molar-refractivity contribution in [1.82, 2.24) is 0 Å². The number of nitrogens with zero attached hydrogens (tertiary/aromatic N) is 2. The Morgan fingerprint density at radius 1 is 1.73 bits per heavy atom. The predicted molar refractivity (Wildman–Crippen MR) is 39.5 cm³/mol. The van der Waals surface area contributed by atoms with Gasteiger partial charge in [-0.25, -0.2) is 4.99 Å². The van der Waals surface area contributed by atoms with Gasteiger partial charge in [0.25, 0.3) is 0 Å². The van der Waals surface area contributed by atoms with Crippen LogP contribution in [0.3, 0.4) is 0 Å². The molecule has 0 rings (SSSR count). The van der Waals surface area contributed by atoms with Gasteiger partial charge in [0.15, 0.2) is 0 Å². The van der Waals surface area contributed by atoms with Crippen molar-refractivity contribution < 1.29 is 9.31 Å². The Balaban J connectivity index is 4.01. The fourth-order valence-corrected chi connectivity index (χ4v) is 0.359. The van der Waals surface area contributed by atoms with Crippen molar-refractivity contribution >= 4 is 6.21 Å². The van der Waals surface area contributed by atoms with Gasteiger partial charge in [-0.1, -0.05) is 0 Å². The molecule has 0 bridgehead atoms. The molecule has 0 aliphatic rings. The molecule has 0 aromatic carbocycles. The Hall–Kier alpha value is -1.52. The third kappa shape index (κ3) is 6.36. The molecular formula is C6H7FN2O2. The molecule has 60 valence electrons. The van der Waals surface area contributed by atoms with Crippen molar-refractivity contribution in [3.63, 3.8) is 0 Å². The molecule has 0 aromatic heterocycles. The molecule has 0 atom stereocenters. The fraction of sp³-hybridized carbons (Fsp3) is 0.167. The van der Waals surface area contributed by atoms with Crippen LogP contribution in [0.4, 0.5) is 4.39 Å². The minimum absolute atomic E-state index is 0.630. The summed E-state index contributed by atoms with van der Waals surface area (Å²) in [7, 11) is 0. The van der Waals surface area contributed by atoms with Gasteiger partial charge in [-0.2, -0.15) is 4.39 Å². The Morgan fingerprint density at radius 3 is 2.82 bits per heavy atom. The lowest BCUT2D eigenvalue weighted by molar-refractivity contribution is -0.402. The minimum Gasteiger partial charge on any atom is -0.259 e. The molecule has 0 aliphatic carbocycles. The Morgan fingerprint density at radius 2 is 2.36 bits per heavy atom. The Kier molecular flexibility index (Phi) is 4.55. The van der Waals surface area contributed by atoms with Crippen LogP contribution in [0.15, 0.2) is 29.3 Å². The van der Waals surface area contributed by atoms with E-state index in [1.807, 2.05) is 0 Å². The van der Waals surface area contributed by atoms with Crippen molar-refractivity contribution in [2.24, 2.45) is 4.99 Å². The van der Waals surface area contributed by atoms with E-state index in [4.69, 9.17) is 0 Å². The second-order valence-electron chi connectivity index (χ2n) is 1.50. The Labute approximate surface area is 62.9 Å². The quantitative estimate of drug-likeness (QED) is 0.206. The van der Waals surface area contributed by atoms with E-state index in [1.54, 1.807) is 6.92 Å². The third-order valence-electron chi connectivity index (χ3n) is 0.694. The van der Waals surface area contributed by atoms with Crippen LogP contribution < -0.4 is 0 Å². The summed E-state index contributed by atoms with van der Waals surface area (Å²) < 4.78 is 12.2. The standard InChI is InChI=1S/C6H7FN2O2/c1-2-8-6(7)4-3-5-9(10)11/h2-5H,1H3/b5-3+,6-4-,8-2?. The maximum absolute atomic E-state index is 12.2. The van der Waals surface area contributed by atoms with Crippen LogP contribution in [0.5, 0.6) is 0 Å². The summed E-state index contributed by atoms with van der Waals surface area (Å²) >= 11 is 0. The molecule has 0 fully saturated rings. The monoisotopic (exact) mass is 158 g/mol. The van der Waals surface area contributed by atoms with Crippen molar-refractivity contribution in [3.05, 3.63) is 34.4 Å². The zero-order valence-electron chi connectivity index (χ0n) is 5.90. The van der Waals surface area contributed by atoms with Crippen molar-refractivity contribution in [3.8, 4) is 0 Å². The molecule has 11 heavy (non-hydrogen) atoms. The van der Waals surface area contributed by atoms with Crippen LogP contribution >= 0.6 is 0 Å². The molecule has 0 aromatic rings. The molecule has 0 heterocycles. The van der Waals surface area contributed by atoms with Crippen LogP contribution in [0.1, 0.15) is 6.92 Å². The van der Waals surface area contributed by atoms with Crippen LogP contribution in [0.25, 0.3) is 0 Å². The van der Waals surface area contributed by atoms with Crippen LogP contribution in [-0.2, 0) is 0 Å². The highest BCUT2D eigenvalue weighted by Crippen LogP contribution is 1.96. The van der Waals surface area contributed by atoms with Crippen molar-refractivity contribution in [1.29, 1.82) is 0 Å². The first-order chi connectivity index (χ1) is 5.16.